The topological polar surface area (TPSA) is 20.3 Å². The molecule has 4 bridgehead atoms. The summed E-state index contributed by atoms with van der Waals surface area (Å²) in [7, 11) is 2.02. The van der Waals surface area contributed by atoms with Gasteiger partial charge in [-0.25, -0.2) is 0 Å². The van der Waals surface area contributed by atoms with Gasteiger partial charge in [-0.15, -0.1) is 0 Å². The SMILES string of the molecule is CCCC(=O)N(C)CC12CC3CC(CC(C3)C1)C2. The molecule has 4 rings (SSSR count). The number of rotatable bonds is 4. The second-order valence-corrected chi connectivity index (χ2v) is 7.42. The van der Waals surface area contributed by atoms with Crippen molar-refractivity contribution in [2.75, 3.05) is 13.6 Å². The van der Waals surface area contributed by atoms with Gasteiger partial charge in [-0.2, -0.15) is 0 Å². The zero-order valence-electron chi connectivity index (χ0n) is 12.0. The molecule has 0 aromatic rings. The van der Waals surface area contributed by atoms with E-state index < -0.39 is 0 Å². The van der Waals surface area contributed by atoms with Crippen LogP contribution in [0.25, 0.3) is 0 Å². The summed E-state index contributed by atoms with van der Waals surface area (Å²) in [5, 5.41) is 0. The Kier molecular flexibility index (Phi) is 3.15. The van der Waals surface area contributed by atoms with Gasteiger partial charge in [0.1, 0.15) is 0 Å². The van der Waals surface area contributed by atoms with Crippen molar-refractivity contribution in [3.63, 3.8) is 0 Å². The Balaban J connectivity index is 1.66. The smallest absolute Gasteiger partial charge is 0.222 e. The van der Waals surface area contributed by atoms with Crippen molar-refractivity contribution in [2.45, 2.75) is 58.3 Å². The van der Waals surface area contributed by atoms with Crippen LogP contribution >= 0.6 is 0 Å². The Morgan fingerprint density at radius 3 is 2.06 bits per heavy atom. The number of hydrogen-bond donors (Lipinski definition) is 0. The normalized spacial score (nSPS) is 41.1. The third-order valence-corrected chi connectivity index (χ3v) is 5.63. The molecule has 0 saturated heterocycles. The van der Waals surface area contributed by atoms with Crippen molar-refractivity contribution in [1.29, 1.82) is 0 Å². The van der Waals surface area contributed by atoms with E-state index in [2.05, 4.69) is 6.92 Å². The van der Waals surface area contributed by atoms with Crippen LogP contribution in [0.5, 0.6) is 0 Å². The molecule has 4 aliphatic rings. The van der Waals surface area contributed by atoms with Crippen LogP contribution in [0.2, 0.25) is 0 Å². The fourth-order valence-corrected chi connectivity index (χ4v) is 5.48. The van der Waals surface area contributed by atoms with E-state index in [-0.39, 0.29) is 0 Å². The highest BCUT2D eigenvalue weighted by atomic mass is 16.2. The summed E-state index contributed by atoms with van der Waals surface area (Å²) in [5.74, 6) is 3.33. The number of hydrogen-bond acceptors (Lipinski definition) is 1. The Bertz CT molecular complexity index is 301. The molecule has 1 amide bonds. The lowest BCUT2D eigenvalue weighted by atomic mass is 9.49. The first kappa shape index (κ1) is 12.5. The van der Waals surface area contributed by atoms with Gasteiger partial charge >= 0.3 is 0 Å². The van der Waals surface area contributed by atoms with E-state index in [1.54, 1.807) is 0 Å². The summed E-state index contributed by atoms with van der Waals surface area (Å²) in [5.41, 5.74) is 0.507. The second-order valence-electron chi connectivity index (χ2n) is 7.42. The standard InChI is InChI=1S/C16H27NO/c1-3-4-15(18)17(2)11-16-8-12-5-13(9-16)7-14(6-12)10-16/h12-14H,3-11H2,1-2H3. The van der Waals surface area contributed by atoms with Crippen LogP contribution in [0.15, 0.2) is 0 Å². The average molecular weight is 249 g/mol. The number of amides is 1. The Hall–Kier alpha value is -0.530. The lowest BCUT2D eigenvalue weighted by Gasteiger charge is -2.57. The molecule has 4 fully saturated rings. The molecule has 0 spiro atoms. The van der Waals surface area contributed by atoms with Gasteiger partial charge in [0.25, 0.3) is 0 Å². The minimum absolute atomic E-state index is 0.355. The minimum atomic E-state index is 0.355. The molecule has 2 heteroatoms. The van der Waals surface area contributed by atoms with Crippen molar-refractivity contribution < 1.29 is 4.79 Å². The van der Waals surface area contributed by atoms with Crippen LogP contribution in [0.4, 0.5) is 0 Å². The van der Waals surface area contributed by atoms with Crippen molar-refractivity contribution in [3.8, 4) is 0 Å². The van der Waals surface area contributed by atoms with Gasteiger partial charge in [-0.05, 0) is 68.1 Å². The molecule has 4 saturated carbocycles. The lowest BCUT2D eigenvalue weighted by molar-refractivity contribution is -0.135. The minimum Gasteiger partial charge on any atom is -0.345 e. The average Bonchev–Trinajstić information content (AvgIpc) is 2.26. The monoisotopic (exact) mass is 249 g/mol. The third kappa shape index (κ3) is 2.19. The highest BCUT2D eigenvalue weighted by Crippen LogP contribution is 2.60. The molecule has 0 atom stereocenters. The predicted octanol–water partition coefficient (Wildman–Crippen LogP) is 3.46. The molecule has 0 N–H and O–H groups in total. The van der Waals surface area contributed by atoms with Gasteiger partial charge in [-0.3, -0.25) is 4.79 Å². The van der Waals surface area contributed by atoms with Crippen molar-refractivity contribution in [2.24, 2.45) is 23.2 Å². The highest BCUT2D eigenvalue weighted by molar-refractivity contribution is 5.75. The zero-order valence-corrected chi connectivity index (χ0v) is 12.0. The molecule has 0 aliphatic heterocycles. The molecule has 0 heterocycles. The van der Waals surface area contributed by atoms with E-state index in [1.165, 1.54) is 38.5 Å². The fourth-order valence-electron chi connectivity index (χ4n) is 5.48. The molecule has 4 aliphatic carbocycles. The van der Waals surface area contributed by atoms with Crippen LogP contribution in [0.1, 0.15) is 58.3 Å². The summed E-state index contributed by atoms with van der Waals surface area (Å²) in [6.45, 7) is 3.13. The number of carbonyl (C=O) groups excluding carboxylic acids is 1. The predicted molar refractivity (Wildman–Crippen MR) is 73.2 cm³/mol. The van der Waals surface area contributed by atoms with Crippen molar-refractivity contribution in [1.82, 2.24) is 4.90 Å². The summed E-state index contributed by atoms with van der Waals surface area (Å²) in [4.78, 5) is 14.0. The largest absolute Gasteiger partial charge is 0.345 e. The van der Waals surface area contributed by atoms with E-state index in [1.807, 2.05) is 11.9 Å². The summed E-state index contributed by atoms with van der Waals surface area (Å²) in [6, 6.07) is 0. The van der Waals surface area contributed by atoms with Gasteiger partial charge in [0.2, 0.25) is 5.91 Å². The van der Waals surface area contributed by atoms with Crippen LogP contribution in [0.3, 0.4) is 0 Å². The lowest BCUT2D eigenvalue weighted by Crippen LogP contribution is -2.51. The Morgan fingerprint density at radius 2 is 1.61 bits per heavy atom. The first-order valence-electron chi connectivity index (χ1n) is 7.84. The summed E-state index contributed by atoms with van der Waals surface area (Å²) < 4.78 is 0. The molecular formula is C16H27NO. The molecular weight excluding hydrogens is 222 g/mol. The number of carbonyl (C=O) groups is 1. The fraction of sp³-hybridized carbons (Fsp3) is 0.938. The maximum atomic E-state index is 12.0. The van der Waals surface area contributed by atoms with Gasteiger partial charge in [0.05, 0.1) is 0 Å². The maximum Gasteiger partial charge on any atom is 0.222 e. The van der Waals surface area contributed by atoms with E-state index in [9.17, 15) is 4.79 Å². The van der Waals surface area contributed by atoms with Crippen LogP contribution in [0, 0.1) is 23.2 Å². The van der Waals surface area contributed by atoms with Crippen molar-refractivity contribution >= 4 is 5.91 Å². The van der Waals surface area contributed by atoms with Crippen LogP contribution < -0.4 is 0 Å². The van der Waals surface area contributed by atoms with Crippen LogP contribution in [-0.4, -0.2) is 24.4 Å². The molecule has 0 radical (unpaired) electrons. The van der Waals surface area contributed by atoms with E-state index in [4.69, 9.17) is 0 Å². The molecule has 18 heavy (non-hydrogen) atoms. The zero-order chi connectivity index (χ0) is 12.8. The van der Waals surface area contributed by atoms with E-state index in [0.717, 1.165) is 37.1 Å². The van der Waals surface area contributed by atoms with Gasteiger partial charge in [0.15, 0.2) is 0 Å². The molecule has 0 aromatic carbocycles. The molecule has 102 valence electrons. The maximum absolute atomic E-state index is 12.0. The van der Waals surface area contributed by atoms with Crippen molar-refractivity contribution in [3.05, 3.63) is 0 Å². The Morgan fingerprint density at radius 1 is 1.11 bits per heavy atom. The van der Waals surface area contributed by atoms with Gasteiger partial charge in [0, 0.05) is 20.0 Å². The van der Waals surface area contributed by atoms with E-state index >= 15 is 0 Å². The molecule has 0 aromatic heterocycles. The highest BCUT2D eigenvalue weighted by Gasteiger charge is 2.51. The first-order valence-corrected chi connectivity index (χ1v) is 7.84. The molecule has 2 nitrogen and oxygen atoms in total. The second kappa shape index (κ2) is 4.54. The Labute approximate surface area is 111 Å². The number of nitrogens with zero attached hydrogens (tertiary/aromatic N) is 1. The van der Waals surface area contributed by atoms with Crippen LogP contribution in [-0.2, 0) is 4.79 Å². The van der Waals surface area contributed by atoms with Gasteiger partial charge < -0.3 is 4.90 Å². The molecule has 0 unspecified atom stereocenters. The van der Waals surface area contributed by atoms with Gasteiger partial charge in [-0.1, -0.05) is 6.92 Å². The quantitative estimate of drug-likeness (QED) is 0.747. The summed E-state index contributed by atoms with van der Waals surface area (Å²) >= 11 is 0. The first-order chi connectivity index (χ1) is 8.60. The third-order valence-electron chi connectivity index (χ3n) is 5.63. The summed E-state index contributed by atoms with van der Waals surface area (Å²) in [6.07, 6.45) is 10.4. The van der Waals surface area contributed by atoms with E-state index in [0.29, 0.717) is 11.3 Å².